The summed E-state index contributed by atoms with van der Waals surface area (Å²) in [6.45, 7) is 4.12. The molecule has 2 heteroatoms. The predicted molar refractivity (Wildman–Crippen MR) is 51.7 cm³/mol. The van der Waals surface area contributed by atoms with E-state index in [0.717, 1.165) is 17.8 Å². The predicted octanol–water partition coefficient (Wildman–Crippen LogP) is 2.22. The molecule has 0 unspecified atom stereocenters. The maximum Gasteiger partial charge on any atom is 0.0839 e. The number of hydrogen-bond acceptors (Lipinski definition) is 2. The first-order valence-electron chi connectivity index (χ1n) is 4.16. The molecule has 0 saturated carbocycles. The van der Waals surface area contributed by atoms with Gasteiger partial charge < -0.3 is 0 Å². The molecule has 0 aliphatic carbocycles. The van der Waals surface area contributed by atoms with Gasteiger partial charge in [0, 0.05) is 13.2 Å². The minimum atomic E-state index is 0.937. The van der Waals surface area contributed by atoms with Crippen LogP contribution in [0, 0.1) is 6.92 Å². The third kappa shape index (κ3) is 1.91. The molecule has 0 radical (unpaired) electrons. The number of aliphatic imine (C=N–C) groups is 1. The molecule has 0 fully saturated rings. The minimum absolute atomic E-state index is 0.937. The van der Waals surface area contributed by atoms with Crippen molar-refractivity contribution in [3.05, 3.63) is 29.6 Å². The van der Waals surface area contributed by atoms with Gasteiger partial charge in [-0.1, -0.05) is 13.0 Å². The molecule has 0 N–H and O–H groups in total. The largest absolute Gasteiger partial charge is 0.291 e. The number of aromatic nitrogens is 1. The summed E-state index contributed by atoms with van der Waals surface area (Å²) < 4.78 is 0. The summed E-state index contributed by atoms with van der Waals surface area (Å²) in [7, 11) is 1.81. The molecule has 0 aromatic carbocycles. The number of pyridine rings is 1. The Hall–Kier alpha value is -1.18. The van der Waals surface area contributed by atoms with Gasteiger partial charge in [-0.05, 0) is 25.0 Å². The molecule has 1 aromatic rings. The quantitative estimate of drug-likeness (QED) is 0.612. The van der Waals surface area contributed by atoms with E-state index in [1.807, 2.05) is 19.2 Å². The second-order valence-corrected chi connectivity index (χ2v) is 2.74. The van der Waals surface area contributed by atoms with Crippen LogP contribution in [0.2, 0.25) is 0 Å². The van der Waals surface area contributed by atoms with Gasteiger partial charge in [-0.2, -0.15) is 0 Å². The molecule has 0 aliphatic rings. The molecule has 0 amide bonds. The molecule has 64 valence electrons. The van der Waals surface area contributed by atoms with E-state index in [2.05, 4.69) is 23.0 Å². The van der Waals surface area contributed by atoms with Gasteiger partial charge in [-0.3, -0.25) is 9.98 Å². The van der Waals surface area contributed by atoms with Crippen LogP contribution in [0.5, 0.6) is 0 Å². The first kappa shape index (κ1) is 8.91. The van der Waals surface area contributed by atoms with Crippen molar-refractivity contribution in [2.24, 2.45) is 4.99 Å². The van der Waals surface area contributed by atoms with Crippen LogP contribution in [-0.2, 0) is 0 Å². The first-order chi connectivity index (χ1) is 5.77. The smallest absolute Gasteiger partial charge is 0.0839 e. The van der Waals surface area contributed by atoms with Crippen molar-refractivity contribution in [2.75, 3.05) is 7.05 Å². The van der Waals surface area contributed by atoms with Gasteiger partial charge in [-0.15, -0.1) is 0 Å². The van der Waals surface area contributed by atoms with Gasteiger partial charge in [0.1, 0.15) is 0 Å². The summed E-state index contributed by atoms with van der Waals surface area (Å²) in [6.07, 6.45) is 2.81. The molecular formula is C10H14N2. The summed E-state index contributed by atoms with van der Waals surface area (Å²) in [6, 6.07) is 4.07. The van der Waals surface area contributed by atoms with Crippen LogP contribution in [0.4, 0.5) is 0 Å². The SMILES string of the molecule is CCC(=NC)c1ccc(C)cn1. The summed E-state index contributed by atoms with van der Waals surface area (Å²) in [5.41, 5.74) is 3.24. The normalized spacial score (nSPS) is 11.8. The van der Waals surface area contributed by atoms with E-state index in [9.17, 15) is 0 Å². The van der Waals surface area contributed by atoms with Crippen LogP contribution in [0.3, 0.4) is 0 Å². The van der Waals surface area contributed by atoms with Gasteiger partial charge in [0.25, 0.3) is 0 Å². The maximum absolute atomic E-state index is 4.29. The maximum atomic E-state index is 4.29. The molecule has 0 atom stereocenters. The fourth-order valence-electron chi connectivity index (χ4n) is 1.09. The van der Waals surface area contributed by atoms with Gasteiger partial charge in [0.2, 0.25) is 0 Å². The van der Waals surface area contributed by atoms with Crippen LogP contribution in [0.25, 0.3) is 0 Å². The van der Waals surface area contributed by atoms with Crippen molar-refractivity contribution in [3.8, 4) is 0 Å². The molecule has 0 aliphatic heterocycles. The number of rotatable bonds is 2. The van der Waals surface area contributed by atoms with E-state index in [-0.39, 0.29) is 0 Å². The summed E-state index contributed by atoms with van der Waals surface area (Å²) in [4.78, 5) is 8.45. The van der Waals surface area contributed by atoms with Crippen LogP contribution in [-0.4, -0.2) is 17.7 Å². The molecule has 1 heterocycles. The average molecular weight is 162 g/mol. The lowest BCUT2D eigenvalue weighted by Crippen LogP contribution is -2.01. The Labute approximate surface area is 73.4 Å². The van der Waals surface area contributed by atoms with Crippen molar-refractivity contribution in [1.29, 1.82) is 0 Å². The first-order valence-corrected chi connectivity index (χ1v) is 4.16. The zero-order valence-corrected chi connectivity index (χ0v) is 7.83. The average Bonchev–Trinajstić information content (AvgIpc) is 2.10. The zero-order valence-electron chi connectivity index (χ0n) is 7.83. The zero-order chi connectivity index (χ0) is 8.97. The monoisotopic (exact) mass is 162 g/mol. The Kier molecular flexibility index (Phi) is 2.97. The van der Waals surface area contributed by atoms with Crippen molar-refractivity contribution < 1.29 is 0 Å². The van der Waals surface area contributed by atoms with E-state index in [1.54, 1.807) is 7.05 Å². The summed E-state index contributed by atoms with van der Waals surface area (Å²) >= 11 is 0. The van der Waals surface area contributed by atoms with Crippen molar-refractivity contribution in [2.45, 2.75) is 20.3 Å². The highest BCUT2D eigenvalue weighted by molar-refractivity contribution is 5.98. The van der Waals surface area contributed by atoms with Crippen LogP contribution < -0.4 is 0 Å². The lowest BCUT2D eigenvalue weighted by Gasteiger charge is -2.01. The molecule has 1 rings (SSSR count). The van der Waals surface area contributed by atoms with E-state index >= 15 is 0 Å². The summed E-state index contributed by atoms with van der Waals surface area (Å²) in [5, 5.41) is 0. The second-order valence-electron chi connectivity index (χ2n) is 2.74. The van der Waals surface area contributed by atoms with Crippen LogP contribution in [0.15, 0.2) is 23.3 Å². The fourth-order valence-corrected chi connectivity index (χ4v) is 1.09. The van der Waals surface area contributed by atoms with Gasteiger partial charge >= 0.3 is 0 Å². The number of aryl methyl sites for hydroxylation is 1. The highest BCUT2D eigenvalue weighted by Crippen LogP contribution is 2.02. The van der Waals surface area contributed by atoms with E-state index in [4.69, 9.17) is 0 Å². The summed E-state index contributed by atoms with van der Waals surface area (Å²) in [5.74, 6) is 0. The van der Waals surface area contributed by atoms with E-state index in [1.165, 1.54) is 5.56 Å². The van der Waals surface area contributed by atoms with Gasteiger partial charge in [0.05, 0.1) is 11.4 Å². The van der Waals surface area contributed by atoms with Gasteiger partial charge in [-0.25, -0.2) is 0 Å². The lowest BCUT2D eigenvalue weighted by atomic mass is 10.2. The Morgan fingerprint density at radius 1 is 1.50 bits per heavy atom. The highest BCUT2D eigenvalue weighted by atomic mass is 14.8. The van der Waals surface area contributed by atoms with Crippen LogP contribution in [0.1, 0.15) is 24.6 Å². The van der Waals surface area contributed by atoms with Crippen LogP contribution >= 0.6 is 0 Å². The van der Waals surface area contributed by atoms with E-state index in [0.29, 0.717) is 0 Å². The molecular weight excluding hydrogens is 148 g/mol. The Bertz CT molecular complexity index is 272. The minimum Gasteiger partial charge on any atom is -0.291 e. The molecule has 1 aromatic heterocycles. The Morgan fingerprint density at radius 2 is 2.25 bits per heavy atom. The third-order valence-electron chi connectivity index (χ3n) is 1.81. The molecule has 0 bridgehead atoms. The molecule has 0 saturated heterocycles. The Morgan fingerprint density at radius 3 is 2.67 bits per heavy atom. The lowest BCUT2D eigenvalue weighted by molar-refractivity contribution is 1.17. The molecule has 12 heavy (non-hydrogen) atoms. The van der Waals surface area contributed by atoms with Crippen molar-refractivity contribution in [3.63, 3.8) is 0 Å². The van der Waals surface area contributed by atoms with Crippen molar-refractivity contribution in [1.82, 2.24) is 4.98 Å². The molecule has 2 nitrogen and oxygen atoms in total. The fraction of sp³-hybridized carbons (Fsp3) is 0.400. The number of nitrogens with zero attached hydrogens (tertiary/aromatic N) is 2. The van der Waals surface area contributed by atoms with E-state index < -0.39 is 0 Å². The Balaban J connectivity index is 2.96. The third-order valence-corrected chi connectivity index (χ3v) is 1.81. The van der Waals surface area contributed by atoms with Gasteiger partial charge in [0.15, 0.2) is 0 Å². The number of hydrogen-bond donors (Lipinski definition) is 0. The second kappa shape index (κ2) is 4.00. The van der Waals surface area contributed by atoms with Crippen molar-refractivity contribution >= 4 is 5.71 Å². The molecule has 0 spiro atoms. The highest BCUT2D eigenvalue weighted by Gasteiger charge is 1.99. The standard InChI is InChI=1S/C10H14N2/c1-4-9(11-3)10-6-5-8(2)7-12-10/h5-7H,4H2,1-3H3. The topological polar surface area (TPSA) is 25.2 Å².